The van der Waals surface area contributed by atoms with Gasteiger partial charge in [-0.15, -0.1) is 0 Å². The Morgan fingerprint density at radius 1 is 1.11 bits per heavy atom. The number of carbonyl (C=O) groups excluding carboxylic acids is 1. The summed E-state index contributed by atoms with van der Waals surface area (Å²) >= 11 is 0. The average molecular weight is 264 g/mol. The Morgan fingerprint density at radius 2 is 1.74 bits per heavy atom. The number of hydrazine groups is 1. The molecule has 0 saturated carbocycles. The van der Waals surface area contributed by atoms with E-state index in [9.17, 15) is 4.79 Å². The standard InChI is InChI=1S/C14H22N4O/c15-16-14(19)6-7-17-8-10-18(11-9-17)12-13-4-2-1-3-5-13/h1-5H,6-12,15H2,(H,16,19)/p+2. The van der Waals surface area contributed by atoms with E-state index in [4.69, 9.17) is 5.84 Å². The highest BCUT2D eigenvalue weighted by Crippen LogP contribution is 1.95. The summed E-state index contributed by atoms with van der Waals surface area (Å²) in [6.45, 7) is 6.63. The van der Waals surface area contributed by atoms with Crippen molar-refractivity contribution in [2.24, 2.45) is 5.84 Å². The molecule has 5 N–H and O–H groups in total. The lowest BCUT2D eigenvalue weighted by Crippen LogP contribution is -3.27. The van der Waals surface area contributed by atoms with Crippen LogP contribution in [0.5, 0.6) is 0 Å². The molecule has 0 unspecified atom stereocenters. The molecule has 19 heavy (non-hydrogen) atoms. The van der Waals surface area contributed by atoms with Gasteiger partial charge in [0, 0.05) is 5.56 Å². The number of amides is 1. The van der Waals surface area contributed by atoms with Crippen LogP contribution in [0.3, 0.4) is 0 Å². The van der Waals surface area contributed by atoms with Crippen molar-refractivity contribution in [2.45, 2.75) is 13.0 Å². The van der Waals surface area contributed by atoms with Gasteiger partial charge in [0.2, 0.25) is 5.91 Å². The summed E-state index contributed by atoms with van der Waals surface area (Å²) < 4.78 is 0. The smallest absolute Gasteiger partial charge is 0.239 e. The highest BCUT2D eigenvalue weighted by molar-refractivity contribution is 5.75. The van der Waals surface area contributed by atoms with Crippen molar-refractivity contribution in [1.82, 2.24) is 5.43 Å². The van der Waals surface area contributed by atoms with Gasteiger partial charge in [-0.25, -0.2) is 5.84 Å². The predicted octanol–water partition coefficient (Wildman–Crippen LogP) is -2.65. The van der Waals surface area contributed by atoms with Crippen LogP contribution in [-0.4, -0.2) is 38.6 Å². The van der Waals surface area contributed by atoms with Gasteiger partial charge in [-0.2, -0.15) is 0 Å². The Labute approximate surface area is 114 Å². The summed E-state index contributed by atoms with van der Waals surface area (Å²) in [6.07, 6.45) is 0.528. The van der Waals surface area contributed by atoms with E-state index >= 15 is 0 Å². The van der Waals surface area contributed by atoms with Gasteiger partial charge in [-0.3, -0.25) is 10.2 Å². The maximum Gasteiger partial charge on any atom is 0.239 e. The van der Waals surface area contributed by atoms with Gasteiger partial charge in [0.05, 0.1) is 13.0 Å². The zero-order valence-corrected chi connectivity index (χ0v) is 11.3. The molecule has 1 aromatic rings. The Balaban J connectivity index is 1.69. The second-order valence-electron chi connectivity index (χ2n) is 5.23. The van der Waals surface area contributed by atoms with E-state index in [-0.39, 0.29) is 5.91 Å². The first-order valence-electron chi connectivity index (χ1n) is 6.98. The molecule has 0 atom stereocenters. The Hall–Kier alpha value is -1.43. The molecular weight excluding hydrogens is 240 g/mol. The van der Waals surface area contributed by atoms with Gasteiger partial charge in [-0.05, 0) is 0 Å². The third-order valence-corrected chi connectivity index (χ3v) is 3.83. The molecule has 1 aliphatic heterocycles. The number of nitrogens with one attached hydrogen (secondary N) is 3. The molecule has 1 aromatic carbocycles. The molecule has 2 rings (SSSR count). The fourth-order valence-electron chi connectivity index (χ4n) is 2.63. The average Bonchev–Trinajstić information content (AvgIpc) is 2.47. The minimum absolute atomic E-state index is 0.0634. The van der Waals surface area contributed by atoms with Gasteiger partial charge in [0.15, 0.2) is 0 Å². The number of quaternary nitrogens is 2. The molecule has 0 bridgehead atoms. The first-order chi connectivity index (χ1) is 9.28. The zero-order valence-electron chi connectivity index (χ0n) is 11.3. The number of carbonyl (C=O) groups is 1. The Kier molecular flexibility index (Phi) is 5.32. The van der Waals surface area contributed by atoms with E-state index in [0.717, 1.165) is 26.2 Å². The van der Waals surface area contributed by atoms with Crippen LogP contribution in [-0.2, 0) is 11.3 Å². The van der Waals surface area contributed by atoms with Gasteiger partial charge in [-0.1, -0.05) is 30.3 Å². The van der Waals surface area contributed by atoms with Crippen LogP contribution in [0.1, 0.15) is 12.0 Å². The van der Waals surface area contributed by atoms with E-state index in [1.807, 2.05) is 0 Å². The van der Waals surface area contributed by atoms with E-state index in [1.54, 1.807) is 4.90 Å². The van der Waals surface area contributed by atoms with Crippen molar-refractivity contribution in [1.29, 1.82) is 0 Å². The van der Waals surface area contributed by atoms with Gasteiger partial charge < -0.3 is 9.80 Å². The minimum atomic E-state index is -0.0634. The summed E-state index contributed by atoms with van der Waals surface area (Å²) in [6, 6.07) is 10.6. The van der Waals surface area contributed by atoms with Crippen molar-refractivity contribution in [3.8, 4) is 0 Å². The van der Waals surface area contributed by atoms with Crippen molar-refractivity contribution in [3.05, 3.63) is 35.9 Å². The van der Waals surface area contributed by atoms with Crippen molar-refractivity contribution in [2.75, 3.05) is 32.7 Å². The van der Waals surface area contributed by atoms with Crippen molar-refractivity contribution < 1.29 is 14.6 Å². The van der Waals surface area contributed by atoms with Gasteiger partial charge in [0.1, 0.15) is 32.7 Å². The lowest BCUT2D eigenvalue weighted by Gasteiger charge is -2.29. The monoisotopic (exact) mass is 264 g/mol. The first-order valence-corrected chi connectivity index (χ1v) is 6.98. The molecule has 5 nitrogen and oxygen atoms in total. The summed E-state index contributed by atoms with van der Waals surface area (Å²) in [5.41, 5.74) is 3.59. The SMILES string of the molecule is NNC(=O)CC[NH+]1CC[NH+](Cc2ccccc2)CC1. The molecular formula is C14H24N4O+2. The first kappa shape index (κ1) is 14.0. The summed E-state index contributed by atoms with van der Waals surface area (Å²) in [5.74, 6) is 5.02. The highest BCUT2D eigenvalue weighted by atomic mass is 16.2. The Bertz CT molecular complexity index is 388. The largest absolute Gasteiger partial charge is 0.325 e. The quantitative estimate of drug-likeness (QED) is 0.267. The van der Waals surface area contributed by atoms with Crippen LogP contribution >= 0.6 is 0 Å². The topological polar surface area (TPSA) is 64.0 Å². The van der Waals surface area contributed by atoms with Crippen LogP contribution in [0.2, 0.25) is 0 Å². The molecule has 1 fully saturated rings. The number of hydrogen-bond donors (Lipinski definition) is 4. The lowest BCUT2D eigenvalue weighted by molar-refractivity contribution is -1.02. The highest BCUT2D eigenvalue weighted by Gasteiger charge is 2.23. The van der Waals surface area contributed by atoms with Crippen LogP contribution < -0.4 is 21.1 Å². The molecule has 0 aliphatic carbocycles. The molecule has 104 valence electrons. The van der Waals surface area contributed by atoms with E-state index in [1.165, 1.54) is 23.6 Å². The fraction of sp³-hybridized carbons (Fsp3) is 0.500. The number of rotatable bonds is 5. The van der Waals surface area contributed by atoms with E-state index in [0.29, 0.717) is 6.42 Å². The van der Waals surface area contributed by atoms with Crippen LogP contribution in [0.25, 0.3) is 0 Å². The normalized spacial score (nSPS) is 23.0. The maximum absolute atomic E-state index is 11.1. The molecule has 1 aliphatic rings. The van der Waals surface area contributed by atoms with E-state index < -0.39 is 0 Å². The van der Waals surface area contributed by atoms with E-state index in [2.05, 4.69) is 35.8 Å². The molecule has 1 saturated heterocycles. The number of benzene rings is 1. The Morgan fingerprint density at radius 3 is 2.37 bits per heavy atom. The van der Waals surface area contributed by atoms with Crippen LogP contribution in [0, 0.1) is 0 Å². The molecule has 0 radical (unpaired) electrons. The predicted molar refractivity (Wildman–Crippen MR) is 73.4 cm³/mol. The molecule has 1 heterocycles. The molecule has 1 amide bonds. The minimum Gasteiger partial charge on any atom is -0.325 e. The lowest BCUT2D eigenvalue weighted by atomic mass is 10.2. The van der Waals surface area contributed by atoms with Gasteiger partial charge in [0.25, 0.3) is 0 Å². The molecule has 0 spiro atoms. The van der Waals surface area contributed by atoms with Gasteiger partial charge >= 0.3 is 0 Å². The zero-order chi connectivity index (χ0) is 13.5. The van der Waals surface area contributed by atoms with Crippen LogP contribution in [0.15, 0.2) is 30.3 Å². The number of hydrogen-bond acceptors (Lipinski definition) is 2. The summed E-state index contributed by atoms with van der Waals surface area (Å²) in [4.78, 5) is 14.3. The van der Waals surface area contributed by atoms with Crippen molar-refractivity contribution >= 4 is 5.91 Å². The maximum atomic E-state index is 11.1. The third-order valence-electron chi connectivity index (χ3n) is 3.83. The number of piperazine rings is 1. The molecule has 0 aromatic heterocycles. The summed E-state index contributed by atoms with van der Waals surface area (Å²) in [7, 11) is 0. The third kappa shape index (κ3) is 4.63. The molecule has 5 heteroatoms. The fourth-order valence-corrected chi connectivity index (χ4v) is 2.63. The second-order valence-corrected chi connectivity index (χ2v) is 5.23. The van der Waals surface area contributed by atoms with Crippen molar-refractivity contribution in [3.63, 3.8) is 0 Å². The second kappa shape index (κ2) is 7.23. The number of nitrogens with two attached hydrogens (primary N) is 1. The summed E-state index contributed by atoms with van der Waals surface area (Å²) in [5, 5.41) is 0. The van der Waals surface area contributed by atoms with Crippen LogP contribution in [0.4, 0.5) is 0 Å².